The Morgan fingerprint density at radius 1 is 0.953 bits per heavy atom. The van der Waals surface area contributed by atoms with Crippen LogP contribution >= 0.6 is 0 Å². The quantitative estimate of drug-likeness (QED) is 0.212. The van der Waals surface area contributed by atoms with Crippen molar-refractivity contribution in [2.24, 2.45) is 0 Å². The van der Waals surface area contributed by atoms with Gasteiger partial charge >= 0.3 is 0 Å². The summed E-state index contributed by atoms with van der Waals surface area (Å²) in [7, 11) is 1.67. The molecular formula is C34H43FN2O6. The lowest BCUT2D eigenvalue weighted by atomic mass is 9.88. The zero-order chi connectivity index (χ0) is 30.3. The van der Waals surface area contributed by atoms with Crippen molar-refractivity contribution in [3.8, 4) is 17.2 Å². The van der Waals surface area contributed by atoms with Crippen molar-refractivity contribution in [2.75, 3.05) is 53.2 Å². The summed E-state index contributed by atoms with van der Waals surface area (Å²) in [6, 6.07) is 20.6. The fraction of sp³-hybridized carbons (Fsp3) is 0.441. The third-order valence-corrected chi connectivity index (χ3v) is 7.35. The second-order valence-corrected chi connectivity index (χ2v) is 10.5. The van der Waals surface area contributed by atoms with Crippen LogP contribution in [-0.2, 0) is 27.3 Å². The molecule has 8 nitrogen and oxygen atoms in total. The number of carbonyl (C=O) groups is 1. The van der Waals surface area contributed by atoms with Gasteiger partial charge in [-0.1, -0.05) is 30.3 Å². The van der Waals surface area contributed by atoms with Crippen molar-refractivity contribution in [3.05, 3.63) is 89.2 Å². The van der Waals surface area contributed by atoms with Gasteiger partial charge in [-0.2, -0.15) is 0 Å². The zero-order valence-corrected chi connectivity index (χ0v) is 25.1. The van der Waals surface area contributed by atoms with Gasteiger partial charge in [0.05, 0.1) is 39.6 Å². The van der Waals surface area contributed by atoms with Crippen molar-refractivity contribution >= 4 is 5.91 Å². The lowest BCUT2D eigenvalue weighted by Gasteiger charge is -2.32. The summed E-state index contributed by atoms with van der Waals surface area (Å²) >= 11 is 0. The molecule has 1 aliphatic heterocycles. The Morgan fingerprint density at radius 2 is 1.79 bits per heavy atom. The minimum atomic E-state index is -0.330. The Hall–Kier alpha value is -3.66. The van der Waals surface area contributed by atoms with Crippen molar-refractivity contribution < 1.29 is 32.9 Å². The van der Waals surface area contributed by atoms with Gasteiger partial charge in [-0.05, 0) is 66.9 Å². The smallest absolute Gasteiger partial charge is 0.216 e. The second kappa shape index (κ2) is 17.5. The molecule has 2 atom stereocenters. The number of piperidine rings is 1. The molecule has 1 fully saturated rings. The van der Waals surface area contributed by atoms with Gasteiger partial charge < -0.3 is 34.3 Å². The van der Waals surface area contributed by atoms with Gasteiger partial charge in [0.25, 0.3) is 0 Å². The second-order valence-electron chi connectivity index (χ2n) is 10.5. The molecule has 0 bridgehead atoms. The summed E-state index contributed by atoms with van der Waals surface area (Å²) in [5.74, 6) is 2.09. The number of carbonyl (C=O) groups excluding carboxylic acids is 1. The van der Waals surface area contributed by atoms with E-state index in [-0.39, 0.29) is 23.7 Å². The molecule has 0 saturated carbocycles. The molecule has 1 amide bonds. The Bertz CT molecular complexity index is 1270. The maximum Gasteiger partial charge on any atom is 0.216 e. The van der Waals surface area contributed by atoms with E-state index in [1.165, 1.54) is 24.6 Å². The van der Waals surface area contributed by atoms with Crippen LogP contribution in [0.3, 0.4) is 0 Å². The standard InChI is InChI=1S/C34H43FN2O6/c1-25(38)37-17-14-27-22-29(35)10-13-33(27)42-20-21-43-34-23-36-16-15-31(34)26-8-11-30(12-9-26)41-19-5-18-40-24-28-6-3-4-7-32(28)39-2/h3-4,6-13,22,31,34,36H,5,14-21,23-24H2,1-2H3,(H,37,38). The first-order valence-electron chi connectivity index (χ1n) is 14.9. The summed E-state index contributed by atoms with van der Waals surface area (Å²) in [5, 5.41) is 6.16. The molecule has 3 aromatic rings. The van der Waals surface area contributed by atoms with E-state index in [0.29, 0.717) is 57.3 Å². The third kappa shape index (κ3) is 10.5. The van der Waals surface area contributed by atoms with Gasteiger partial charge in [0.15, 0.2) is 0 Å². The highest BCUT2D eigenvalue weighted by atomic mass is 19.1. The Labute approximate surface area is 253 Å². The average molecular weight is 595 g/mol. The molecule has 9 heteroatoms. The molecule has 2 N–H and O–H groups in total. The SMILES string of the molecule is COc1ccccc1COCCCOc1ccc(C2CCNCC2OCCOc2ccc(F)cc2CCNC(C)=O)cc1. The van der Waals surface area contributed by atoms with E-state index < -0.39 is 0 Å². The van der Waals surface area contributed by atoms with Crippen molar-refractivity contribution in [3.63, 3.8) is 0 Å². The number of hydrogen-bond acceptors (Lipinski definition) is 7. The molecule has 0 spiro atoms. The fourth-order valence-corrected chi connectivity index (χ4v) is 5.16. The molecule has 2 unspecified atom stereocenters. The maximum absolute atomic E-state index is 13.8. The number of amides is 1. The Kier molecular flexibility index (Phi) is 13.1. The van der Waals surface area contributed by atoms with E-state index in [2.05, 4.69) is 22.8 Å². The van der Waals surface area contributed by atoms with Crippen LogP contribution in [0.25, 0.3) is 0 Å². The average Bonchev–Trinajstić information content (AvgIpc) is 3.02. The predicted molar refractivity (Wildman–Crippen MR) is 163 cm³/mol. The highest BCUT2D eigenvalue weighted by Gasteiger charge is 2.27. The number of rotatable bonds is 17. The topological polar surface area (TPSA) is 87.3 Å². The minimum Gasteiger partial charge on any atom is -0.496 e. The van der Waals surface area contributed by atoms with Gasteiger partial charge in [0.1, 0.15) is 29.7 Å². The molecular weight excluding hydrogens is 551 g/mol. The van der Waals surface area contributed by atoms with Crippen LogP contribution in [0.15, 0.2) is 66.7 Å². The summed E-state index contributed by atoms with van der Waals surface area (Å²) in [6.07, 6.45) is 2.26. The first kappa shape index (κ1) is 32.3. The molecule has 43 heavy (non-hydrogen) atoms. The van der Waals surface area contributed by atoms with Crippen LogP contribution in [0.5, 0.6) is 17.2 Å². The monoisotopic (exact) mass is 594 g/mol. The molecule has 1 aliphatic rings. The summed E-state index contributed by atoms with van der Waals surface area (Å²) in [4.78, 5) is 11.2. The normalized spacial score (nSPS) is 16.4. The van der Waals surface area contributed by atoms with Crippen LogP contribution in [0.1, 0.15) is 42.4 Å². The number of ether oxygens (including phenoxy) is 5. The lowest BCUT2D eigenvalue weighted by Crippen LogP contribution is -2.41. The third-order valence-electron chi connectivity index (χ3n) is 7.35. The van der Waals surface area contributed by atoms with E-state index in [1.807, 2.05) is 36.4 Å². The zero-order valence-electron chi connectivity index (χ0n) is 25.1. The minimum absolute atomic E-state index is 0.0111. The van der Waals surface area contributed by atoms with E-state index in [4.69, 9.17) is 23.7 Å². The maximum atomic E-state index is 13.8. The van der Waals surface area contributed by atoms with Gasteiger partial charge in [-0.15, -0.1) is 0 Å². The van der Waals surface area contributed by atoms with Gasteiger partial charge in [0, 0.05) is 37.9 Å². The van der Waals surface area contributed by atoms with Crippen molar-refractivity contribution in [1.29, 1.82) is 0 Å². The highest BCUT2D eigenvalue weighted by molar-refractivity contribution is 5.72. The predicted octanol–water partition coefficient (Wildman–Crippen LogP) is 5.04. The molecule has 4 rings (SSSR count). The number of hydrogen-bond donors (Lipinski definition) is 2. The molecule has 1 heterocycles. The Balaban J connectivity index is 1.18. The van der Waals surface area contributed by atoms with E-state index in [1.54, 1.807) is 13.2 Å². The molecule has 3 aromatic carbocycles. The van der Waals surface area contributed by atoms with Crippen molar-refractivity contribution in [2.45, 2.75) is 44.8 Å². The number of halogens is 1. The summed E-state index contributed by atoms with van der Waals surface area (Å²) in [6.45, 7) is 6.02. The van der Waals surface area contributed by atoms with Crippen LogP contribution in [-0.4, -0.2) is 65.2 Å². The largest absolute Gasteiger partial charge is 0.496 e. The first-order chi connectivity index (χ1) is 21.0. The van der Waals surface area contributed by atoms with Gasteiger partial charge in [0.2, 0.25) is 5.91 Å². The number of para-hydroxylation sites is 1. The van der Waals surface area contributed by atoms with E-state index in [9.17, 15) is 9.18 Å². The highest BCUT2D eigenvalue weighted by Crippen LogP contribution is 2.29. The number of benzene rings is 3. The van der Waals surface area contributed by atoms with E-state index >= 15 is 0 Å². The molecule has 1 saturated heterocycles. The van der Waals surface area contributed by atoms with Crippen LogP contribution in [0.2, 0.25) is 0 Å². The number of methoxy groups -OCH3 is 1. The fourth-order valence-electron chi connectivity index (χ4n) is 5.16. The summed E-state index contributed by atoms with van der Waals surface area (Å²) < 4.78 is 43.1. The molecule has 0 radical (unpaired) electrons. The van der Waals surface area contributed by atoms with Gasteiger partial charge in [-0.25, -0.2) is 4.39 Å². The lowest BCUT2D eigenvalue weighted by molar-refractivity contribution is -0.118. The number of nitrogens with one attached hydrogen (secondary N) is 2. The van der Waals surface area contributed by atoms with Crippen LogP contribution in [0.4, 0.5) is 4.39 Å². The van der Waals surface area contributed by atoms with Crippen molar-refractivity contribution in [1.82, 2.24) is 10.6 Å². The van der Waals surface area contributed by atoms with Crippen LogP contribution < -0.4 is 24.8 Å². The van der Waals surface area contributed by atoms with Crippen LogP contribution in [0, 0.1) is 5.82 Å². The summed E-state index contributed by atoms with van der Waals surface area (Å²) in [5.41, 5.74) is 2.97. The molecule has 232 valence electrons. The first-order valence-corrected chi connectivity index (χ1v) is 14.9. The van der Waals surface area contributed by atoms with E-state index in [0.717, 1.165) is 43.0 Å². The molecule has 0 aliphatic carbocycles. The van der Waals surface area contributed by atoms with Gasteiger partial charge in [-0.3, -0.25) is 4.79 Å². The molecule has 0 aromatic heterocycles. The Morgan fingerprint density at radius 3 is 2.60 bits per heavy atom.